The van der Waals surface area contributed by atoms with Gasteiger partial charge in [-0.1, -0.05) is 6.42 Å². The first kappa shape index (κ1) is 15.1. The first-order valence-corrected chi connectivity index (χ1v) is 7.32. The van der Waals surface area contributed by atoms with Crippen LogP contribution in [0, 0.1) is 11.3 Å². The molecule has 20 heavy (non-hydrogen) atoms. The van der Waals surface area contributed by atoms with Crippen LogP contribution in [0.25, 0.3) is 0 Å². The smallest absolute Gasteiger partial charge is 0.315 e. The highest BCUT2D eigenvalue weighted by atomic mass is 16.5. The second-order valence-electron chi connectivity index (χ2n) is 6.05. The van der Waals surface area contributed by atoms with Crippen molar-refractivity contribution in [3.63, 3.8) is 0 Å². The summed E-state index contributed by atoms with van der Waals surface area (Å²) in [5.41, 5.74) is 0.204. The van der Waals surface area contributed by atoms with E-state index in [0.717, 1.165) is 32.1 Å². The number of hydrogen-bond donors (Lipinski definition) is 3. The molecule has 2 rings (SSSR count). The molecule has 0 bridgehead atoms. The van der Waals surface area contributed by atoms with Gasteiger partial charge in [0.2, 0.25) is 0 Å². The number of aliphatic carboxylic acids is 1. The lowest BCUT2D eigenvalue weighted by atomic mass is 10.0. The molecule has 2 saturated carbocycles. The zero-order valence-corrected chi connectivity index (χ0v) is 12.0. The molecule has 2 atom stereocenters. The largest absolute Gasteiger partial charge is 0.481 e. The number of ether oxygens (including phenoxy) is 1. The van der Waals surface area contributed by atoms with E-state index in [2.05, 4.69) is 10.6 Å². The third-order valence-corrected chi connectivity index (χ3v) is 4.57. The number of urea groups is 1. The zero-order valence-electron chi connectivity index (χ0n) is 12.0. The van der Waals surface area contributed by atoms with Gasteiger partial charge in [-0.25, -0.2) is 4.79 Å². The Morgan fingerprint density at radius 1 is 1.35 bits per heavy atom. The molecule has 6 heteroatoms. The first-order valence-electron chi connectivity index (χ1n) is 7.32. The highest BCUT2D eigenvalue weighted by Gasteiger charge is 2.42. The molecule has 0 spiro atoms. The van der Waals surface area contributed by atoms with Crippen LogP contribution in [-0.2, 0) is 9.53 Å². The van der Waals surface area contributed by atoms with Gasteiger partial charge in [-0.2, -0.15) is 0 Å². The molecule has 0 aliphatic heterocycles. The summed E-state index contributed by atoms with van der Waals surface area (Å²) in [5, 5.41) is 14.8. The average Bonchev–Trinajstić information content (AvgIpc) is 3.04. The molecular formula is C14H24N2O4. The predicted molar refractivity (Wildman–Crippen MR) is 73.5 cm³/mol. The Bertz CT molecular complexity index is 368. The topological polar surface area (TPSA) is 87.7 Å². The van der Waals surface area contributed by atoms with Gasteiger partial charge in [0.1, 0.15) is 0 Å². The van der Waals surface area contributed by atoms with Gasteiger partial charge in [0.25, 0.3) is 0 Å². The van der Waals surface area contributed by atoms with Crippen molar-refractivity contribution in [3.05, 3.63) is 0 Å². The average molecular weight is 284 g/mol. The maximum absolute atomic E-state index is 11.9. The minimum atomic E-state index is -0.813. The number of carbonyl (C=O) groups is 2. The van der Waals surface area contributed by atoms with Crippen LogP contribution in [0.2, 0.25) is 0 Å². The van der Waals surface area contributed by atoms with Crippen LogP contribution in [0.5, 0.6) is 0 Å². The van der Waals surface area contributed by atoms with Crippen molar-refractivity contribution < 1.29 is 19.4 Å². The van der Waals surface area contributed by atoms with Gasteiger partial charge in [-0.05, 0) is 37.5 Å². The minimum absolute atomic E-state index is 0.204. The van der Waals surface area contributed by atoms with E-state index in [0.29, 0.717) is 19.6 Å². The van der Waals surface area contributed by atoms with Crippen molar-refractivity contribution in [1.82, 2.24) is 10.6 Å². The monoisotopic (exact) mass is 284 g/mol. The van der Waals surface area contributed by atoms with Crippen molar-refractivity contribution in [3.8, 4) is 0 Å². The van der Waals surface area contributed by atoms with Crippen LogP contribution in [0.15, 0.2) is 0 Å². The SMILES string of the molecule is COCCC1(CNC(=O)NC2CCCC2C(=O)O)CC1. The fourth-order valence-corrected chi connectivity index (χ4v) is 2.93. The fourth-order valence-electron chi connectivity index (χ4n) is 2.93. The van der Waals surface area contributed by atoms with E-state index in [9.17, 15) is 9.59 Å². The van der Waals surface area contributed by atoms with Crippen LogP contribution in [0.4, 0.5) is 4.79 Å². The number of hydrogen-bond acceptors (Lipinski definition) is 3. The van der Waals surface area contributed by atoms with E-state index >= 15 is 0 Å². The molecule has 2 fully saturated rings. The number of carboxylic acid groups (broad SMARTS) is 1. The molecule has 6 nitrogen and oxygen atoms in total. The first-order chi connectivity index (χ1) is 9.56. The highest BCUT2D eigenvalue weighted by Crippen LogP contribution is 2.48. The maximum Gasteiger partial charge on any atom is 0.315 e. The van der Waals surface area contributed by atoms with E-state index in [1.807, 2.05) is 0 Å². The van der Waals surface area contributed by atoms with Crippen LogP contribution < -0.4 is 10.6 Å². The van der Waals surface area contributed by atoms with E-state index in [1.54, 1.807) is 7.11 Å². The Kier molecular flexibility index (Phi) is 4.86. The van der Waals surface area contributed by atoms with Gasteiger partial charge in [-0.15, -0.1) is 0 Å². The Morgan fingerprint density at radius 3 is 2.70 bits per heavy atom. The molecule has 0 radical (unpaired) electrons. The van der Waals surface area contributed by atoms with E-state index in [-0.39, 0.29) is 17.5 Å². The van der Waals surface area contributed by atoms with Gasteiger partial charge in [-0.3, -0.25) is 4.79 Å². The third-order valence-electron chi connectivity index (χ3n) is 4.57. The summed E-state index contributed by atoms with van der Waals surface area (Å²) in [6.07, 6.45) is 5.47. The zero-order chi connectivity index (χ0) is 14.6. The summed E-state index contributed by atoms with van der Waals surface area (Å²) < 4.78 is 5.08. The molecular weight excluding hydrogens is 260 g/mol. The van der Waals surface area contributed by atoms with Gasteiger partial charge in [0.05, 0.1) is 5.92 Å². The summed E-state index contributed by atoms with van der Waals surface area (Å²) in [4.78, 5) is 22.9. The molecule has 0 aromatic heterocycles. The standard InChI is InChI=1S/C14H24N2O4/c1-20-8-7-14(5-6-14)9-15-13(19)16-11-4-2-3-10(11)12(17)18/h10-11H,2-9H2,1H3,(H,17,18)(H2,15,16,19). The van der Waals surface area contributed by atoms with Crippen molar-refractivity contribution in [2.75, 3.05) is 20.3 Å². The van der Waals surface area contributed by atoms with E-state index in [1.165, 1.54) is 0 Å². The van der Waals surface area contributed by atoms with Crippen LogP contribution in [-0.4, -0.2) is 43.4 Å². The van der Waals surface area contributed by atoms with E-state index < -0.39 is 11.9 Å². The fraction of sp³-hybridized carbons (Fsp3) is 0.857. The summed E-state index contributed by atoms with van der Waals surface area (Å²) in [6, 6.07) is -0.478. The van der Waals surface area contributed by atoms with Gasteiger partial charge in [0, 0.05) is 26.3 Å². The molecule has 114 valence electrons. The molecule has 0 aromatic carbocycles. The van der Waals surface area contributed by atoms with Crippen molar-refractivity contribution >= 4 is 12.0 Å². The van der Waals surface area contributed by atoms with Crippen LogP contribution >= 0.6 is 0 Å². The Morgan fingerprint density at radius 2 is 2.10 bits per heavy atom. The summed E-state index contributed by atoms with van der Waals surface area (Å²) in [7, 11) is 1.68. The third kappa shape index (κ3) is 3.85. The summed E-state index contributed by atoms with van der Waals surface area (Å²) in [6.45, 7) is 1.36. The van der Waals surface area contributed by atoms with Crippen molar-refractivity contribution in [2.45, 2.75) is 44.6 Å². The quantitative estimate of drug-likeness (QED) is 0.658. The molecule has 2 amide bonds. The predicted octanol–water partition coefficient (Wildman–Crippen LogP) is 1.36. The number of methoxy groups -OCH3 is 1. The highest BCUT2D eigenvalue weighted by molar-refractivity contribution is 5.77. The molecule has 2 unspecified atom stereocenters. The summed E-state index contributed by atoms with van der Waals surface area (Å²) >= 11 is 0. The Balaban J connectivity index is 1.71. The molecule has 2 aliphatic rings. The normalized spacial score (nSPS) is 27.1. The molecule has 0 saturated heterocycles. The number of amides is 2. The Labute approximate surface area is 119 Å². The van der Waals surface area contributed by atoms with Crippen LogP contribution in [0.1, 0.15) is 38.5 Å². The molecule has 0 aromatic rings. The van der Waals surface area contributed by atoms with E-state index in [4.69, 9.17) is 9.84 Å². The van der Waals surface area contributed by atoms with Crippen molar-refractivity contribution in [2.24, 2.45) is 11.3 Å². The Hall–Kier alpha value is -1.30. The lowest BCUT2D eigenvalue weighted by molar-refractivity contribution is -0.142. The van der Waals surface area contributed by atoms with Crippen LogP contribution in [0.3, 0.4) is 0 Å². The summed E-state index contributed by atoms with van der Waals surface area (Å²) in [5.74, 6) is -1.25. The minimum Gasteiger partial charge on any atom is -0.481 e. The second-order valence-corrected chi connectivity index (χ2v) is 6.05. The van der Waals surface area contributed by atoms with Gasteiger partial charge in [0.15, 0.2) is 0 Å². The molecule has 3 N–H and O–H groups in total. The number of nitrogens with one attached hydrogen (secondary N) is 2. The second kappa shape index (κ2) is 6.43. The van der Waals surface area contributed by atoms with Crippen molar-refractivity contribution in [1.29, 1.82) is 0 Å². The lowest BCUT2D eigenvalue weighted by Gasteiger charge is -2.20. The van der Waals surface area contributed by atoms with Gasteiger partial charge < -0.3 is 20.5 Å². The number of carboxylic acids is 1. The maximum atomic E-state index is 11.9. The lowest BCUT2D eigenvalue weighted by Crippen LogP contribution is -2.46. The number of rotatable bonds is 7. The molecule has 0 heterocycles. The van der Waals surface area contributed by atoms with Gasteiger partial charge >= 0.3 is 12.0 Å². The molecule has 2 aliphatic carbocycles. The number of carbonyl (C=O) groups excluding carboxylic acids is 1.